The molecule has 1 aromatic heterocycles. The second-order valence-corrected chi connectivity index (χ2v) is 13.0. The zero-order chi connectivity index (χ0) is 8.85. The third kappa shape index (κ3) is 11.0. The van der Waals surface area contributed by atoms with Gasteiger partial charge < -0.3 is 10.6 Å². The van der Waals surface area contributed by atoms with E-state index in [-0.39, 0.29) is 5.48 Å². The van der Waals surface area contributed by atoms with Crippen LogP contribution in [0.2, 0.25) is 0 Å². The summed E-state index contributed by atoms with van der Waals surface area (Å²) in [5.74, 6) is -0.833. The maximum absolute atomic E-state index is 9.00. The van der Waals surface area contributed by atoms with Crippen LogP contribution in [-0.4, -0.2) is 16.6 Å². The summed E-state index contributed by atoms with van der Waals surface area (Å²) in [7, 11) is 0. The van der Waals surface area contributed by atoms with Crippen molar-refractivity contribution in [2.24, 2.45) is 0 Å². The second-order valence-electron chi connectivity index (χ2n) is 1.89. The minimum atomic E-state index is -0.833. The fourth-order valence-corrected chi connectivity index (χ4v) is 15.5. The standard InChI is InChI=1S/C4H2S.C2H4O2.2Hg.H2O/c1-2-4-5-3-1;1-2(3)4;;;/h1-2H;1H3,(H,3,4);;;1H2. The van der Waals surface area contributed by atoms with Crippen molar-refractivity contribution in [1.82, 2.24) is 0 Å². The van der Waals surface area contributed by atoms with Crippen LogP contribution in [0.1, 0.15) is 6.92 Å². The molecule has 0 radical (unpaired) electrons. The third-order valence-electron chi connectivity index (χ3n) is 0.717. The molecule has 3 N–H and O–H groups in total. The van der Waals surface area contributed by atoms with Gasteiger partial charge in [0.05, 0.1) is 0 Å². The number of carboxylic acids is 1. The van der Waals surface area contributed by atoms with E-state index in [9.17, 15) is 0 Å². The summed E-state index contributed by atoms with van der Waals surface area (Å²) >= 11 is 3.78. The van der Waals surface area contributed by atoms with Gasteiger partial charge in [0.2, 0.25) is 0 Å². The van der Waals surface area contributed by atoms with Crippen LogP contribution < -0.4 is 4.77 Å². The normalized spacial score (nSPS) is 7.75. The Balaban J connectivity index is 0. The average Bonchev–Trinajstić information content (AvgIpc) is 2.13. The summed E-state index contributed by atoms with van der Waals surface area (Å²) < 4.78 is 3.29. The Morgan fingerprint density at radius 2 is 1.67 bits per heavy atom. The average molecular weight is 561 g/mol. The molecule has 0 spiro atoms. The molecule has 0 aliphatic carbocycles. The maximum atomic E-state index is 9.00. The van der Waals surface area contributed by atoms with Gasteiger partial charge >= 0.3 is 80.5 Å². The van der Waals surface area contributed by atoms with Gasteiger partial charge in [-0.05, 0) is 0 Å². The molecule has 0 saturated heterocycles. The van der Waals surface area contributed by atoms with Gasteiger partial charge in [-0.25, -0.2) is 0 Å². The van der Waals surface area contributed by atoms with E-state index >= 15 is 0 Å². The van der Waals surface area contributed by atoms with E-state index in [0.717, 1.165) is 59.2 Å². The zero-order valence-corrected chi connectivity index (χ0v) is 18.6. The van der Waals surface area contributed by atoms with Crippen molar-refractivity contribution < 1.29 is 67.6 Å². The van der Waals surface area contributed by atoms with Crippen molar-refractivity contribution in [3.05, 3.63) is 12.1 Å². The van der Waals surface area contributed by atoms with Crippen LogP contribution in [0.3, 0.4) is 0 Å². The van der Waals surface area contributed by atoms with Crippen molar-refractivity contribution >= 4 is 22.1 Å². The minimum absolute atomic E-state index is 0. The van der Waals surface area contributed by atoms with Gasteiger partial charge in [-0.1, -0.05) is 0 Å². The summed E-state index contributed by atoms with van der Waals surface area (Å²) in [6, 6.07) is 4.55. The SMILES string of the molecule is CC(=O)O.O.[Hg][c]1cc[c]([Hg])s1. The van der Waals surface area contributed by atoms with E-state index in [0.29, 0.717) is 0 Å². The Bertz CT molecular complexity index is 216. The van der Waals surface area contributed by atoms with Crippen LogP contribution >= 0.6 is 11.3 Å². The van der Waals surface area contributed by atoms with E-state index in [1.165, 1.54) is 0 Å². The van der Waals surface area contributed by atoms with Gasteiger partial charge in [0.25, 0.3) is 5.97 Å². The van der Waals surface area contributed by atoms with Gasteiger partial charge in [-0.15, -0.1) is 0 Å². The van der Waals surface area contributed by atoms with Crippen LogP contribution in [-0.2, 0) is 57.0 Å². The molecular formula is C6H8Hg2O3S. The molecule has 0 aromatic carbocycles. The molecule has 60 valence electrons. The Morgan fingerprint density at radius 3 is 1.75 bits per heavy atom. The molecule has 1 rings (SSSR count). The first-order chi connectivity index (χ1) is 5.02. The van der Waals surface area contributed by atoms with E-state index in [1.54, 1.807) is 4.77 Å². The van der Waals surface area contributed by atoms with Crippen LogP contribution in [0, 0.1) is 0 Å². The summed E-state index contributed by atoms with van der Waals surface area (Å²) in [5, 5.41) is 7.42. The van der Waals surface area contributed by atoms with Crippen molar-refractivity contribution in [3.63, 3.8) is 0 Å². The number of hydrogen-bond acceptors (Lipinski definition) is 2. The first-order valence-electron chi connectivity index (χ1n) is 2.95. The predicted molar refractivity (Wildman–Crippen MR) is 40.5 cm³/mol. The Hall–Kier alpha value is 1.00. The molecule has 0 atom stereocenters. The first-order valence-corrected chi connectivity index (χ1v) is 9.27. The topological polar surface area (TPSA) is 68.8 Å². The Kier molecular flexibility index (Phi) is 11.1. The second kappa shape index (κ2) is 8.59. The van der Waals surface area contributed by atoms with Crippen LogP contribution in [0.25, 0.3) is 0 Å². The Labute approximate surface area is 107 Å². The molecule has 12 heavy (non-hydrogen) atoms. The quantitative estimate of drug-likeness (QED) is 0.429. The molecule has 0 aliphatic heterocycles. The van der Waals surface area contributed by atoms with Gasteiger partial charge in [0.1, 0.15) is 0 Å². The van der Waals surface area contributed by atoms with Crippen LogP contribution in [0.15, 0.2) is 12.1 Å². The van der Waals surface area contributed by atoms with Crippen LogP contribution in [0.4, 0.5) is 0 Å². The van der Waals surface area contributed by atoms with Crippen molar-refractivity contribution in [1.29, 1.82) is 0 Å². The van der Waals surface area contributed by atoms with Gasteiger partial charge in [-0.2, -0.15) is 0 Å². The van der Waals surface area contributed by atoms with E-state index in [1.807, 2.05) is 11.3 Å². The summed E-state index contributed by atoms with van der Waals surface area (Å²) in [6.45, 7) is 1.08. The molecule has 0 unspecified atom stereocenters. The molecule has 0 bridgehead atoms. The van der Waals surface area contributed by atoms with Gasteiger partial charge in [0.15, 0.2) is 0 Å². The number of rotatable bonds is 0. The molecular weight excluding hydrogens is 553 g/mol. The molecule has 1 heterocycles. The third-order valence-corrected chi connectivity index (χ3v) is 6.71. The summed E-state index contributed by atoms with van der Waals surface area (Å²) in [4.78, 5) is 9.00. The van der Waals surface area contributed by atoms with E-state index < -0.39 is 5.97 Å². The molecule has 0 fully saturated rings. The molecule has 3 nitrogen and oxygen atoms in total. The van der Waals surface area contributed by atoms with Crippen molar-refractivity contribution in [2.45, 2.75) is 6.92 Å². The number of aliphatic carboxylic acids is 1. The molecule has 0 amide bonds. The number of carboxylic acid groups (broad SMARTS) is 1. The number of hydrogen-bond donors (Lipinski definition) is 1. The molecule has 0 aliphatic rings. The zero-order valence-electron chi connectivity index (χ0n) is 6.83. The first kappa shape index (κ1) is 15.5. The van der Waals surface area contributed by atoms with Gasteiger partial charge in [0, 0.05) is 6.92 Å². The number of carbonyl (C=O) groups is 1. The predicted octanol–water partition coefficient (Wildman–Crippen LogP) is -0.641. The molecule has 1 aromatic rings. The van der Waals surface area contributed by atoms with Gasteiger partial charge in [-0.3, -0.25) is 4.79 Å². The molecule has 0 saturated carbocycles. The van der Waals surface area contributed by atoms with Crippen molar-refractivity contribution in [2.75, 3.05) is 0 Å². The molecule has 6 heteroatoms. The summed E-state index contributed by atoms with van der Waals surface area (Å²) in [5.41, 5.74) is 0. The Morgan fingerprint density at radius 1 is 1.42 bits per heavy atom. The fourth-order valence-electron chi connectivity index (χ4n) is 0.422. The van der Waals surface area contributed by atoms with Crippen LogP contribution in [0.5, 0.6) is 0 Å². The monoisotopic (exact) mass is 564 g/mol. The van der Waals surface area contributed by atoms with E-state index in [4.69, 9.17) is 9.90 Å². The van der Waals surface area contributed by atoms with E-state index in [2.05, 4.69) is 12.1 Å². The number of thiophene rings is 1. The fraction of sp³-hybridized carbons (Fsp3) is 0.167. The van der Waals surface area contributed by atoms with Crippen molar-refractivity contribution in [3.8, 4) is 0 Å². The summed E-state index contributed by atoms with van der Waals surface area (Å²) in [6.07, 6.45) is 0.